The van der Waals surface area contributed by atoms with Gasteiger partial charge >= 0.3 is 0 Å². The minimum atomic E-state index is -0.257. The smallest absolute Gasteiger partial charge is 0.119 e. The number of hydrogen-bond donors (Lipinski definition) is 1. The van der Waals surface area contributed by atoms with Gasteiger partial charge in [-0.3, -0.25) is 0 Å². The van der Waals surface area contributed by atoms with Gasteiger partial charge in [0.25, 0.3) is 0 Å². The third-order valence-electron chi connectivity index (χ3n) is 6.36. The van der Waals surface area contributed by atoms with E-state index in [1.807, 2.05) is 60.7 Å². The largest absolute Gasteiger partial charge is 0.489 e. The SMILES string of the molecule is OC(CCCCc1ccc(OCc2ccccc2)cc1)CCc1ccc(OCc2ccccc2)cc1. The van der Waals surface area contributed by atoms with E-state index in [0.717, 1.165) is 55.6 Å². The third kappa shape index (κ3) is 8.90. The molecule has 36 heavy (non-hydrogen) atoms. The highest BCUT2D eigenvalue weighted by atomic mass is 16.5. The highest BCUT2D eigenvalue weighted by Gasteiger charge is 2.06. The Morgan fingerprint density at radius 2 is 0.944 bits per heavy atom. The molecule has 186 valence electrons. The molecule has 0 aliphatic carbocycles. The van der Waals surface area contributed by atoms with Gasteiger partial charge in [-0.1, -0.05) is 91.3 Å². The Labute approximate surface area is 215 Å². The number of hydrogen-bond acceptors (Lipinski definition) is 3. The first-order valence-corrected chi connectivity index (χ1v) is 12.9. The summed E-state index contributed by atoms with van der Waals surface area (Å²) >= 11 is 0. The van der Waals surface area contributed by atoms with Gasteiger partial charge in [0.05, 0.1) is 6.10 Å². The van der Waals surface area contributed by atoms with Gasteiger partial charge in [0, 0.05) is 0 Å². The summed E-state index contributed by atoms with van der Waals surface area (Å²) in [6.07, 6.45) is 5.39. The van der Waals surface area contributed by atoms with E-state index in [9.17, 15) is 5.11 Å². The normalized spacial score (nSPS) is 11.7. The molecule has 0 aliphatic heterocycles. The Hall–Kier alpha value is -3.56. The van der Waals surface area contributed by atoms with Crippen LogP contribution in [0, 0.1) is 0 Å². The molecule has 4 aromatic rings. The van der Waals surface area contributed by atoms with E-state index in [1.54, 1.807) is 0 Å². The van der Waals surface area contributed by atoms with E-state index in [4.69, 9.17) is 9.47 Å². The second-order valence-electron chi connectivity index (χ2n) is 9.27. The van der Waals surface area contributed by atoms with Crippen molar-refractivity contribution in [2.24, 2.45) is 0 Å². The van der Waals surface area contributed by atoms with Crippen molar-refractivity contribution in [1.29, 1.82) is 0 Å². The molecule has 4 aromatic carbocycles. The van der Waals surface area contributed by atoms with Crippen molar-refractivity contribution < 1.29 is 14.6 Å². The van der Waals surface area contributed by atoms with Crippen LogP contribution >= 0.6 is 0 Å². The minimum absolute atomic E-state index is 0.257. The molecule has 0 aromatic heterocycles. The lowest BCUT2D eigenvalue weighted by molar-refractivity contribution is 0.151. The van der Waals surface area contributed by atoms with E-state index in [1.165, 1.54) is 16.7 Å². The van der Waals surface area contributed by atoms with Gasteiger partial charge in [-0.05, 0) is 78.6 Å². The number of aliphatic hydroxyl groups excluding tert-OH is 1. The van der Waals surface area contributed by atoms with Crippen molar-refractivity contribution in [2.75, 3.05) is 0 Å². The Morgan fingerprint density at radius 1 is 0.472 bits per heavy atom. The topological polar surface area (TPSA) is 38.7 Å². The molecule has 0 bridgehead atoms. The van der Waals surface area contributed by atoms with Crippen LogP contribution in [-0.4, -0.2) is 11.2 Å². The van der Waals surface area contributed by atoms with Crippen molar-refractivity contribution >= 4 is 0 Å². The molecule has 0 spiro atoms. The van der Waals surface area contributed by atoms with Crippen LogP contribution < -0.4 is 9.47 Å². The fraction of sp³-hybridized carbons (Fsp3) is 0.273. The maximum absolute atomic E-state index is 10.4. The Bertz CT molecular complexity index is 1120. The second-order valence-corrected chi connectivity index (χ2v) is 9.27. The van der Waals surface area contributed by atoms with Crippen LogP contribution in [0.15, 0.2) is 109 Å². The van der Waals surface area contributed by atoms with Gasteiger partial charge in [0.2, 0.25) is 0 Å². The number of unbranched alkanes of at least 4 members (excludes halogenated alkanes) is 1. The highest BCUT2D eigenvalue weighted by molar-refractivity contribution is 5.29. The van der Waals surface area contributed by atoms with Crippen LogP contribution in [0.3, 0.4) is 0 Å². The maximum Gasteiger partial charge on any atom is 0.119 e. The van der Waals surface area contributed by atoms with Gasteiger partial charge in [0.15, 0.2) is 0 Å². The Kier molecular flexibility index (Phi) is 10.0. The molecule has 0 heterocycles. The zero-order chi connectivity index (χ0) is 24.8. The fourth-order valence-corrected chi connectivity index (χ4v) is 4.17. The van der Waals surface area contributed by atoms with Crippen LogP contribution in [0.5, 0.6) is 11.5 Å². The van der Waals surface area contributed by atoms with Gasteiger partial charge in [-0.2, -0.15) is 0 Å². The summed E-state index contributed by atoms with van der Waals surface area (Å²) in [5.74, 6) is 1.77. The van der Waals surface area contributed by atoms with Gasteiger partial charge in [0.1, 0.15) is 24.7 Å². The van der Waals surface area contributed by atoms with Crippen LogP contribution in [0.25, 0.3) is 0 Å². The third-order valence-corrected chi connectivity index (χ3v) is 6.36. The zero-order valence-electron chi connectivity index (χ0n) is 20.9. The standard InChI is InChI=1S/C33H36O3/c34-31(20-15-28-18-23-33(24-19-28)36-26-30-12-5-2-6-13-30)14-8-7-9-27-16-21-32(22-17-27)35-25-29-10-3-1-4-11-29/h1-6,10-13,16-19,21-24,31,34H,7-9,14-15,20,25-26H2. The van der Waals surface area contributed by atoms with Gasteiger partial charge in [-0.25, -0.2) is 0 Å². The van der Waals surface area contributed by atoms with E-state index < -0.39 is 0 Å². The average Bonchev–Trinajstić information content (AvgIpc) is 2.94. The number of rotatable bonds is 14. The van der Waals surface area contributed by atoms with Gasteiger partial charge in [-0.15, -0.1) is 0 Å². The minimum Gasteiger partial charge on any atom is -0.489 e. The summed E-state index contributed by atoms with van der Waals surface area (Å²) in [6, 6.07) is 37.0. The lowest BCUT2D eigenvalue weighted by atomic mass is 10.0. The summed E-state index contributed by atoms with van der Waals surface area (Å²) in [5.41, 5.74) is 4.88. The molecule has 0 saturated heterocycles. The number of aliphatic hydroxyl groups is 1. The van der Waals surface area contributed by atoms with Crippen molar-refractivity contribution in [2.45, 2.75) is 57.8 Å². The molecule has 0 radical (unpaired) electrons. The van der Waals surface area contributed by atoms with Crippen molar-refractivity contribution in [1.82, 2.24) is 0 Å². The van der Waals surface area contributed by atoms with Gasteiger partial charge < -0.3 is 14.6 Å². The molecule has 0 amide bonds. The zero-order valence-corrected chi connectivity index (χ0v) is 20.9. The number of ether oxygens (including phenoxy) is 2. The molecule has 0 fully saturated rings. The molecular weight excluding hydrogens is 444 g/mol. The molecule has 4 rings (SSSR count). The fourth-order valence-electron chi connectivity index (χ4n) is 4.17. The first-order valence-electron chi connectivity index (χ1n) is 12.9. The maximum atomic E-state index is 10.4. The molecule has 1 atom stereocenters. The highest BCUT2D eigenvalue weighted by Crippen LogP contribution is 2.18. The van der Waals surface area contributed by atoms with Crippen LogP contribution in [0.4, 0.5) is 0 Å². The lowest BCUT2D eigenvalue weighted by Gasteiger charge is -2.11. The predicted molar refractivity (Wildman–Crippen MR) is 146 cm³/mol. The predicted octanol–water partition coefficient (Wildman–Crippen LogP) is 7.55. The Balaban J connectivity index is 1.08. The molecular formula is C33H36O3. The van der Waals surface area contributed by atoms with Crippen molar-refractivity contribution in [3.05, 3.63) is 131 Å². The lowest BCUT2D eigenvalue weighted by Crippen LogP contribution is -2.08. The van der Waals surface area contributed by atoms with Crippen LogP contribution in [0.2, 0.25) is 0 Å². The van der Waals surface area contributed by atoms with Crippen molar-refractivity contribution in [3.63, 3.8) is 0 Å². The van der Waals surface area contributed by atoms with E-state index in [2.05, 4.69) is 48.5 Å². The number of aryl methyl sites for hydroxylation is 2. The van der Waals surface area contributed by atoms with E-state index in [0.29, 0.717) is 13.2 Å². The molecule has 1 unspecified atom stereocenters. The van der Waals surface area contributed by atoms with E-state index in [-0.39, 0.29) is 6.10 Å². The number of benzene rings is 4. The summed E-state index contributed by atoms with van der Waals surface area (Å²) in [4.78, 5) is 0. The summed E-state index contributed by atoms with van der Waals surface area (Å²) in [6.45, 7) is 1.16. The summed E-state index contributed by atoms with van der Waals surface area (Å²) in [5, 5.41) is 10.4. The molecule has 0 aliphatic rings. The summed E-state index contributed by atoms with van der Waals surface area (Å²) in [7, 11) is 0. The molecule has 3 heteroatoms. The molecule has 0 saturated carbocycles. The van der Waals surface area contributed by atoms with Crippen LogP contribution in [0.1, 0.15) is 47.9 Å². The monoisotopic (exact) mass is 480 g/mol. The first-order chi connectivity index (χ1) is 17.7. The summed E-state index contributed by atoms with van der Waals surface area (Å²) < 4.78 is 11.7. The van der Waals surface area contributed by atoms with E-state index >= 15 is 0 Å². The van der Waals surface area contributed by atoms with Crippen molar-refractivity contribution in [3.8, 4) is 11.5 Å². The molecule has 1 N–H and O–H groups in total. The quantitative estimate of drug-likeness (QED) is 0.189. The van der Waals surface area contributed by atoms with Crippen LogP contribution in [-0.2, 0) is 26.1 Å². The second kappa shape index (κ2) is 14.1. The Morgan fingerprint density at radius 3 is 1.44 bits per heavy atom. The first kappa shape index (κ1) is 25.5. The average molecular weight is 481 g/mol. The molecule has 3 nitrogen and oxygen atoms in total.